The molecule has 2 heterocycles. The molecule has 0 unspecified atom stereocenters. The Labute approximate surface area is 97.2 Å². The predicted octanol–water partition coefficient (Wildman–Crippen LogP) is 1.50. The minimum atomic E-state index is -0.864. The third kappa shape index (κ3) is 1.69. The van der Waals surface area contributed by atoms with E-state index in [9.17, 15) is 4.79 Å². The average molecular weight is 233 g/mol. The number of benzene rings is 1. The van der Waals surface area contributed by atoms with Gasteiger partial charge in [-0.15, -0.1) is 0 Å². The Morgan fingerprint density at radius 3 is 2.71 bits per heavy atom. The molecule has 1 aliphatic heterocycles. The van der Waals surface area contributed by atoms with E-state index in [1.54, 1.807) is 10.8 Å². The van der Waals surface area contributed by atoms with Gasteiger partial charge in [0.25, 0.3) is 0 Å². The fraction of sp³-hybridized carbons (Fsp3) is 0.250. The van der Waals surface area contributed by atoms with Crippen molar-refractivity contribution in [1.82, 2.24) is 4.57 Å². The molecule has 0 saturated heterocycles. The number of carboxylic acids is 1. The number of carboxylic acid groups (broad SMARTS) is 1. The molecule has 1 N–H and O–H groups in total. The Bertz CT molecular complexity index is 587. The maximum absolute atomic E-state index is 10.7. The maximum Gasteiger partial charge on any atom is 0.323 e. The molecule has 88 valence electrons. The number of hydrogen-bond acceptors (Lipinski definition) is 3. The molecule has 17 heavy (non-hydrogen) atoms. The van der Waals surface area contributed by atoms with Gasteiger partial charge in [0.1, 0.15) is 19.8 Å². The molecule has 5 heteroatoms. The first kappa shape index (κ1) is 10.0. The van der Waals surface area contributed by atoms with Gasteiger partial charge in [0.05, 0.1) is 5.52 Å². The van der Waals surface area contributed by atoms with Crippen LogP contribution in [0.3, 0.4) is 0 Å². The first-order valence-electron chi connectivity index (χ1n) is 5.34. The fourth-order valence-electron chi connectivity index (χ4n) is 2.01. The van der Waals surface area contributed by atoms with Crippen LogP contribution in [-0.2, 0) is 11.3 Å². The highest BCUT2D eigenvalue weighted by Gasteiger charge is 2.14. The van der Waals surface area contributed by atoms with E-state index in [4.69, 9.17) is 14.6 Å². The molecule has 0 saturated carbocycles. The van der Waals surface area contributed by atoms with Crippen molar-refractivity contribution < 1.29 is 19.4 Å². The van der Waals surface area contributed by atoms with Gasteiger partial charge in [-0.25, -0.2) is 0 Å². The van der Waals surface area contributed by atoms with Crippen LogP contribution in [0.4, 0.5) is 0 Å². The zero-order valence-corrected chi connectivity index (χ0v) is 9.05. The highest BCUT2D eigenvalue weighted by Crippen LogP contribution is 2.34. The first-order valence-corrected chi connectivity index (χ1v) is 5.34. The molecular formula is C12H11NO4. The van der Waals surface area contributed by atoms with Crippen LogP contribution in [0.1, 0.15) is 0 Å². The van der Waals surface area contributed by atoms with Crippen LogP contribution in [0.5, 0.6) is 11.5 Å². The van der Waals surface area contributed by atoms with Crippen LogP contribution >= 0.6 is 0 Å². The summed E-state index contributed by atoms with van der Waals surface area (Å²) < 4.78 is 12.6. The standard InChI is InChI=1S/C12H11NO4/c14-12(15)7-13-2-1-8-5-10-11(6-9(8)13)17-4-3-16-10/h1-2,5-6H,3-4,7H2,(H,14,15). The second-order valence-electron chi connectivity index (χ2n) is 3.89. The van der Waals surface area contributed by atoms with E-state index in [-0.39, 0.29) is 6.54 Å². The lowest BCUT2D eigenvalue weighted by molar-refractivity contribution is -0.137. The van der Waals surface area contributed by atoms with E-state index in [0.717, 1.165) is 16.7 Å². The molecule has 1 aromatic heterocycles. The summed E-state index contributed by atoms with van der Waals surface area (Å²) >= 11 is 0. The first-order chi connectivity index (χ1) is 8.24. The second kappa shape index (κ2) is 3.69. The zero-order chi connectivity index (χ0) is 11.8. The lowest BCUT2D eigenvalue weighted by Crippen LogP contribution is -2.15. The van der Waals surface area contributed by atoms with Gasteiger partial charge >= 0.3 is 5.97 Å². The van der Waals surface area contributed by atoms with Crippen LogP contribution in [0.2, 0.25) is 0 Å². The van der Waals surface area contributed by atoms with E-state index in [1.165, 1.54) is 0 Å². The monoisotopic (exact) mass is 233 g/mol. The Kier molecular flexibility index (Phi) is 2.18. The molecule has 0 radical (unpaired) electrons. The van der Waals surface area contributed by atoms with Crippen LogP contribution < -0.4 is 9.47 Å². The molecule has 0 fully saturated rings. The molecule has 0 atom stereocenters. The molecule has 2 aromatic rings. The molecule has 0 bridgehead atoms. The smallest absolute Gasteiger partial charge is 0.323 e. The highest BCUT2D eigenvalue weighted by atomic mass is 16.6. The van der Waals surface area contributed by atoms with Crippen molar-refractivity contribution in [1.29, 1.82) is 0 Å². The molecule has 1 aromatic carbocycles. The summed E-state index contributed by atoms with van der Waals surface area (Å²) in [6, 6.07) is 5.57. The van der Waals surface area contributed by atoms with Crippen LogP contribution in [0, 0.1) is 0 Å². The van der Waals surface area contributed by atoms with Crippen molar-refractivity contribution in [2.75, 3.05) is 13.2 Å². The maximum atomic E-state index is 10.7. The summed E-state index contributed by atoms with van der Waals surface area (Å²) in [5.41, 5.74) is 0.844. The zero-order valence-electron chi connectivity index (χ0n) is 9.05. The summed E-state index contributed by atoms with van der Waals surface area (Å²) in [5.74, 6) is 0.531. The summed E-state index contributed by atoms with van der Waals surface area (Å²) in [7, 11) is 0. The lowest BCUT2D eigenvalue weighted by Gasteiger charge is -2.18. The van der Waals surface area contributed by atoms with E-state index >= 15 is 0 Å². The second-order valence-corrected chi connectivity index (χ2v) is 3.89. The van der Waals surface area contributed by atoms with Gasteiger partial charge in [-0.05, 0) is 12.1 Å². The minimum absolute atomic E-state index is 0.0524. The number of fused-ring (bicyclic) bond motifs is 2. The normalized spacial score (nSPS) is 13.9. The molecule has 0 amide bonds. The van der Waals surface area contributed by atoms with E-state index in [1.807, 2.05) is 18.2 Å². The van der Waals surface area contributed by atoms with Crippen molar-refractivity contribution in [3.63, 3.8) is 0 Å². The fourth-order valence-corrected chi connectivity index (χ4v) is 2.01. The molecule has 5 nitrogen and oxygen atoms in total. The molecular weight excluding hydrogens is 222 g/mol. The molecule has 0 aliphatic carbocycles. The highest BCUT2D eigenvalue weighted by molar-refractivity contribution is 5.85. The molecule has 0 spiro atoms. The number of aliphatic carboxylic acids is 1. The van der Waals surface area contributed by atoms with Crippen molar-refractivity contribution in [2.24, 2.45) is 0 Å². The van der Waals surface area contributed by atoms with E-state index in [2.05, 4.69) is 0 Å². The van der Waals surface area contributed by atoms with Crippen molar-refractivity contribution >= 4 is 16.9 Å². The SMILES string of the molecule is O=C(O)Cn1ccc2cc3c(cc21)OCCO3. The number of ether oxygens (including phenoxy) is 2. The largest absolute Gasteiger partial charge is 0.486 e. The Morgan fingerprint density at radius 2 is 2.00 bits per heavy atom. The Balaban J connectivity index is 2.12. The van der Waals surface area contributed by atoms with Crippen molar-refractivity contribution in [3.8, 4) is 11.5 Å². The van der Waals surface area contributed by atoms with Gasteiger partial charge in [-0.1, -0.05) is 0 Å². The Morgan fingerprint density at radius 1 is 1.29 bits per heavy atom. The summed E-state index contributed by atoms with van der Waals surface area (Å²) in [4.78, 5) is 10.7. The minimum Gasteiger partial charge on any atom is -0.486 e. The van der Waals surface area contributed by atoms with Gasteiger partial charge in [-0.2, -0.15) is 0 Å². The van der Waals surface area contributed by atoms with Crippen LogP contribution in [-0.4, -0.2) is 28.9 Å². The van der Waals surface area contributed by atoms with Gasteiger partial charge < -0.3 is 19.1 Å². The predicted molar refractivity (Wildman–Crippen MR) is 60.6 cm³/mol. The van der Waals surface area contributed by atoms with Crippen molar-refractivity contribution in [3.05, 3.63) is 24.4 Å². The molecule has 1 aliphatic rings. The number of carbonyl (C=O) groups is 1. The quantitative estimate of drug-likeness (QED) is 0.853. The van der Waals surface area contributed by atoms with E-state index < -0.39 is 5.97 Å². The number of aromatic nitrogens is 1. The number of nitrogens with zero attached hydrogens (tertiary/aromatic N) is 1. The molecule has 3 rings (SSSR count). The Hall–Kier alpha value is -2.17. The summed E-state index contributed by atoms with van der Waals surface area (Å²) in [6.45, 7) is 1.02. The lowest BCUT2D eigenvalue weighted by atomic mass is 10.2. The van der Waals surface area contributed by atoms with E-state index in [0.29, 0.717) is 19.0 Å². The topological polar surface area (TPSA) is 60.7 Å². The number of rotatable bonds is 2. The number of hydrogen-bond donors (Lipinski definition) is 1. The van der Waals surface area contributed by atoms with Gasteiger partial charge in [0.15, 0.2) is 11.5 Å². The van der Waals surface area contributed by atoms with Gasteiger partial charge in [0.2, 0.25) is 0 Å². The van der Waals surface area contributed by atoms with Gasteiger partial charge in [-0.3, -0.25) is 4.79 Å². The third-order valence-electron chi connectivity index (χ3n) is 2.74. The van der Waals surface area contributed by atoms with Crippen LogP contribution in [0.25, 0.3) is 10.9 Å². The third-order valence-corrected chi connectivity index (χ3v) is 2.74. The van der Waals surface area contributed by atoms with Crippen LogP contribution in [0.15, 0.2) is 24.4 Å². The average Bonchev–Trinajstić information content (AvgIpc) is 2.68. The summed E-state index contributed by atoms with van der Waals surface area (Å²) in [6.07, 6.45) is 1.75. The summed E-state index contributed by atoms with van der Waals surface area (Å²) in [5, 5.41) is 9.76. The van der Waals surface area contributed by atoms with Gasteiger partial charge in [0, 0.05) is 17.6 Å². The van der Waals surface area contributed by atoms with Crippen molar-refractivity contribution in [2.45, 2.75) is 6.54 Å².